The normalized spacial score (nSPS) is 21.2. The van der Waals surface area contributed by atoms with Crippen molar-refractivity contribution >= 4 is 5.96 Å². The first-order valence-electron chi connectivity index (χ1n) is 8.40. The Bertz CT molecular complexity index is 276. The van der Waals surface area contributed by atoms with E-state index < -0.39 is 0 Å². The van der Waals surface area contributed by atoms with Crippen LogP contribution in [0.25, 0.3) is 0 Å². The van der Waals surface area contributed by atoms with Crippen molar-refractivity contribution in [3.05, 3.63) is 0 Å². The number of hydrogen-bond acceptors (Lipinski definition) is 2. The summed E-state index contributed by atoms with van der Waals surface area (Å²) in [4.78, 5) is 7.31. The van der Waals surface area contributed by atoms with E-state index in [9.17, 15) is 0 Å². The van der Waals surface area contributed by atoms with Gasteiger partial charge in [-0.2, -0.15) is 0 Å². The van der Waals surface area contributed by atoms with Crippen LogP contribution in [0.15, 0.2) is 4.99 Å². The van der Waals surface area contributed by atoms with E-state index in [0.717, 1.165) is 37.4 Å². The minimum Gasteiger partial charge on any atom is -0.357 e. The molecular weight excluding hydrogens is 248 g/mol. The summed E-state index contributed by atoms with van der Waals surface area (Å²) in [5, 5.41) is 6.79. The first-order chi connectivity index (χ1) is 9.65. The van der Waals surface area contributed by atoms with Gasteiger partial charge >= 0.3 is 0 Å². The number of nitrogens with zero attached hydrogens (tertiary/aromatic N) is 2. The average molecular weight is 282 g/mol. The van der Waals surface area contributed by atoms with Crippen molar-refractivity contribution in [2.45, 2.75) is 47.0 Å². The first-order valence-corrected chi connectivity index (χ1v) is 8.40. The smallest absolute Gasteiger partial charge is 0.191 e. The van der Waals surface area contributed by atoms with Gasteiger partial charge in [-0.05, 0) is 51.1 Å². The SMILES string of the molecule is CCNC(=NCC1CCCN(CC)C1)NCCC(C)C. The molecule has 0 amide bonds. The summed E-state index contributed by atoms with van der Waals surface area (Å²) in [6.45, 7) is 15.4. The van der Waals surface area contributed by atoms with Crippen LogP contribution in [0.3, 0.4) is 0 Å². The Labute approximate surface area is 125 Å². The molecule has 2 N–H and O–H groups in total. The number of hydrogen-bond donors (Lipinski definition) is 2. The van der Waals surface area contributed by atoms with Crippen LogP contribution in [0.5, 0.6) is 0 Å². The second kappa shape index (κ2) is 10.0. The second-order valence-electron chi connectivity index (χ2n) is 6.23. The standard InChI is InChI=1S/C16H34N4/c1-5-17-16(18-10-9-14(3)4)19-12-15-8-7-11-20(6-2)13-15/h14-15H,5-13H2,1-4H3,(H2,17,18,19). The van der Waals surface area contributed by atoms with Crippen molar-refractivity contribution in [3.8, 4) is 0 Å². The van der Waals surface area contributed by atoms with Gasteiger partial charge in [0.05, 0.1) is 0 Å². The van der Waals surface area contributed by atoms with Gasteiger partial charge in [0.25, 0.3) is 0 Å². The molecule has 0 spiro atoms. The van der Waals surface area contributed by atoms with Gasteiger partial charge in [-0.3, -0.25) is 4.99 Å². The zero-order valence-corrected chi connectivity index (χ0v) is 13.9. The molecule has 0 bridgehead atoms. The Morgan fingerprint density at radius 3 is 2.75 bits per heavy atom. The molecule has 1 rings (SSSR count). The summed E-state index contributed by atoms with van der Waals surface area (Å²) in [6, 6.07) is 0. The Morgan fingerprint density at radius 2 is 2.10 bits per heavy atom. The summed E-state index contributed by atoms with van der Waals surface area (Å²) in [6.07, 6.45) is 3.84. The van der Waals surface area contributed by atoms with Gasteiger partial charge in [-0.15, -0.1) is 0 Å². The van der Waals surface area contributed by atoms with Gasteiger partial charge < -0.3 is 15.5 Å². The van der Waals surface area contributed by atoms with E-state index >= 15 is 0 Å². The molecule has 0 aromatic rings. The summed E-state index contributed by atoms with van der Waals surface area (Å²) in [5.41, 5.74) is 0. The van der Waals surface area contributed by atoms with Gasteiger partial charge in [-0.1, -0.05) is 20.8 Å². The molecule has 1 aliphatic heterocycles. The molecule has 0 radical (unpaired) electrons. The third-order valence-electron chi connectivity index (χ3n) is 3.92. The highest BCUT2D eigenvalue weighted by Gasteiger charge is 2.18. The number of guanidine groups is 1. The topological polar surface area (TPSA) is 39.7 Å². The van der Waals surface area contributed by atoms with Crippen LogP contribution in [-0.2, 0) is 0 Å². The van der Waals surface area contributed by atoms with Crippen LogP contribution in [0, 0.1) is 11.8 Å². The molecule has 0 saturated carbocycles. The quantitative estimate of drug-likeness (QED) is 0.556. The number of aliphatic imine (C=N–C) groups is 1. The Morgan fingerprint density at radius 1 is 1.30 bits per heavy atom. The van der Waals surface area contributed by atoms with Crippen molar-refractivity contribution in [1.82, 2.24) is 15.5 Å². The maximum Gasteiger partial charge on any atom is 0.191 e. The number of piperidine rings is 1. The van der Waals surface area contributed by atoms with Gasteiger partial charge in [0.2, 0.25) is 0 Å². The van der Waals surface area contributed by atoms with E-state index in [-0.39, 0.29) is 0 Å². The first kappa shape index (κ1) is 17.3. The molecule has 20 heavy (non-hydrogen) atoms. The molecule has 4 heteroatoms. The van der Waals surface area contributed by atoms with E-state index in [1.165, 1.54) is 38.9 Å². The van der Waals surface area contributed by atoms with Crippen LogP contribution in [-0.4, -0.2) is 50.1 Å². The molecular formula is C16H34N4. The molecule has 4 nitrogen and oxygen atoms in total. The summed E-state index contributed by atoms with van der Waals surface area (Å²) >= 11 is 0. The molecule has 1 unspecified atom stereocenters. The largest absolute Gasteiger partial charge is 0.357 e. The molecule has 0 aromatic heterocycles. The lowest BCUT2D eigenvalue weighted by molar-refractivity contribution is 0.186. The van der Waals surface area contributed by atoms with Crippen LogP contribution in [0.4, 0.5) is 0 Å². The van der Waals surface area contributed by atoms with Crippen LogP contribution in [0.1, 0.15) is 47.0 Å². The van der Waals surface area contributed by atoms with Crippen molar-refractivity contribution in [2.24, 2.45) is 16.8 Å². The van der Waals surface area contributed by atoms with E-state index in [0.29, 0.717) is 0 Å². The lowest BCUT2D eigenvalue weighted by Gasteiger charge is -2.31. The van der Waals surface area contributed by atoms with Crippen LogP contribution in [0.2, 0.25) is 0 Å². The minimum absolute atomic E-state index is 0.726. The van der Waals surface area contributed by atoms with Gasteiger partial charge in [0.15, 0.2) is 5.96 Å². The maximum atomic E-state index is 4.77. The lowest BCUT2D eigenvalue weighted by atomic mass is 9.98. The van der Waals surface area contributed by atoms with Gasteiger partial charge in [0, 0.05) is 26.2 Å². The highest BCUT2D eigenvalue weighted by Crippen LogP contribution is 2.16. The minimum atomic E-state index is 0.726. The second-order valence-corrected chi connectivity index (χ2v) is 6.23. The monoisotopic (exact) mass is 282 g/mol. The Kier molecular flexibility index (Phi) is 8.67. The van der Waals surface area contributed by atoms with Gasteiger partial charge in [-0.25, -0.2) is 0 Å². The van der Waals surface area contributed by atoms with E-state index in [1.54, 1.807) is 0 Å². The van der Waals surface area contributed by atoms with E-state index in [4.69, 9.17) is 4.99 Å². The third kappa shape index (κ3) is 7.13. The highest BCUT2D eigenvalue weighted by molar-refractivity contribution is 5.79. The van der Waals surface area contributed by atoms with Crippen molar-refractivity contribution < 1.29 is 0 Å². The Balaban J connectivity index is 2.36. The Hall–Kier alpha value is -0.770. The number of nitrogens with one attached hydrogen (secondary N) is 2. The highest BCUT2D eigenvalue weighted by atomic mass is 15.2. The number of likely N-dealkylation sites (tertiary alicyclic amines) is 1. The summed E-state index contributed by atoms with van der Waals surface area (Å²) in [5.74, 6) is 2.45. The van der Waals surface area contributed by atoms with Crippen LogP contribution < -0.4 is 10.6 Å². The van der Waals surface area contributed by atoms with Crippen molar-refractivity contribution in [3.63, 3.8) is 0 Å². The third-order valence-corrected chi connectivity index (χ3v) is 3.92. The summed E-state index contributed by atoms with van der Waals surface area (Å²) in [7, 11) is 0. The fourth-order valence-electron chi connectivity index (χ4n) is 2.63. The predicted octanol–water partition coefficient (Wildman–Crippen LogP) is 2.32. The molecule has 1 saturated heterocycles. The van der Waals surface area contributed by atoms with Gasteiger partial charge in [0.1, 0.15) is 0 Å². The zero-order valence-electron chi connectivity index (χ0n) is 13.9. The molecule has 1 atom stereocenters. The summed E-state index contributed by atoms with van der Waals surface area (Å²) < 4.78 is 0. The lowest BCUT2D eigenvalue weighted by Crippen LogP contribution is -2.40. The van der Waals surface area contributed by atoms with E-state index in [2.05, 4.69) is 43.2 Å². The average Bonchev–Trinajstić information content (AvgIpc) is 2.44. The van der Waals surface area contributed by atoms with E-state index in [1.807, 2.05) is 0 Å². The predicted molar refractivity (Wildman–Crippen MR) is 88.3 cm³/mol. The maximum absolute atomic E-state index is 4.77. The fourth-order valence-corrected chi connectivity index (χ4v) is 2.63. The van der Waals surface area contributed by atoms with Crippen molar-refractivity contribution in [1.29, 1.82) is 0 Å². The van der Waals surface area contributed by atoms with Crippen molar-refractivity contribution in [2.75, 3.05) is 39.3 Å². The zero-order chi connectivity index (χ0) is 14.8. The number of rotatable bonds is 7. The molecule has 0 aromatic carbocycles. The molecule has 1 aliphatic rings. The molecule has 1 fully saturated rings. The molecule has 0 aliphatic carbocycles. The van der Waals surface area contributed by atoms with Crippen LogP contribution >= 0.6 is 0 Å². The fraction of sp³-hybridized carbons (Fsp3) is 0.938. The molecule has 118 valence electrons. The molecule has 1 heterocycles.